The summed E-state index contributed by atoms with van der Waals surface area (Å²) >= 11 is 1.07. The predicted molar refractivity (Wildman–Crippen MR) is 108 cm³/mol. The molecule has 0 aliphatic carbocycles. The molecule has 10 heteroatoms. The quantitative estimate of drug-likeness (QED) is 0.588. The Hall–Kier alpha value is -3.40. The summed E-state index contributed by atoms with van der Waals surface area (Å²) in [5.74, 6) is -0.445. The van der Waals surface area contributed by atoms with Crippen molar-refractivity contribution < 1.29 is 27.5 Å². The van der Waals surface area contributed by atoms with Gasteiger partial charge in [-0.25, -0.2) is 4.98 Å². The van der Waals surface area contributed by atoms with E-state index < -0.39 is 17.6 Å². The summed E-state index contributed by atoms with van der Waals surface area (Å²) in [7, 11) is 1.42. The van der Waals surface area contributed by atoms with E-state index in [1.165, 1.54) is 37.6 Å². The van der Waals surface area contributed by atoms with Gasteiger partial charge in [0.2, 0.25) is 5.91 Å². The molecule has 0 unspecified atom stereocenters. The molecule has 0 aliphatic rings. The van der Waals surface area contributed by atoms with Crippen molar-refractivity contribution in [3.8, 4) is 16.3 Å². The van der Waals surface area contributed by atoms with Crippen LogP contribution in [0.5, 0.6) is 5.75 Å². The lowest BCUT2D eigenvalue weighted by atomic mass is 10.1. The normalized spacial score (nSPS) is 11.1. The zero-order valence-corrected chi connectivity index (χ0v) is 16.6. The summed E-state index contributed by atoms with van der Waals surface area (Å²) in [6, 6.07) is 9.44. The third-order valence-corrected chi connectivity index (χ3v) is 4.84. The minimum absolute atomic E-state index is 0.0670. The number of alkyl halides is 3. The van der Waals surface area contributed by atoms with Crippen molar-refractivity contribution in [1.29, 1.82) is 0 Å². The Morgan fingerprint density at radius 3 is 2.53 bits per heavy atom. The van der Waals surface area contributed by atoms with Crippen LogP contribution in [0.3, 0.4) is 0 Å². The van der Waals surface area contributed by atoms with Crippen molar-refractivity contribution in [3.05, 3.63) is 59.1 Å². The largest absolute Gasteiger partial charge is 0.494 e. The maximum absolute atomic E-state index is 12.9. The highest BCUT2D eigenvalue weighted by Crippen LogP contribution is 2.33. The van der Waals surface area contributed by atoms with Gasteiger partial charge in [0.1, 0.15) is 16.5 Å². The van der Waals surface area contributed by atoms with Gasteiger partial charge in [0.05, 0.1) is 18.4 Å². The number of hydrogen-bond acceptors (Lipinski definition) is 5. The topological polar surface area (TPSA) is 80.3 Å². The number of aromatic nitrogens is 1. The summed E-state index contributed by atoms with van der Waals surface area (Å²) in [5.41, 5.74) is 0.406. The Balaban J connectivity index is 1.78. The average Bonchev–Trinajstić information content (AvgIpc) is 3.18. The van der Waals surface area contributed by atoms with Crippen molar-refractivity contribution in [1.82, 2.24) is 4.98 Å². The molecule has 0 spiro atoms. The third-order valence-electron chi connectivity index (χ3n) is 3.94. The highest BCUT2D eigenvalue weighted by molar-refractivity contribution is 7.13. The molecule has 0 saturated heterocycles. The molecule has 6 nitrogen and oxygen atoms in total. The second kappa shape index (κ2) is 8.54. The molecule has 1 aromatic heterocycles. The summed E-state index contributed by atoms with van der Waals surface area (Å²) < 4.78 is 43.9. The highest BCUT2D eigenvalue weighted by Gasteiger charge is 2.30. The summed E-state index contributed by atoms with van der Waals surface area (Å²) in [6.07, 6.45) is -4.46. The van der Waals surface area contributed by atoms with E-state index in [-0.39, 0.29) is 17.2 Å². The number of carbonyl (C=O) groups excluding carboxylic acids is 2. The van der Waals surface area contributed by atoms with E-state index in [4.69, 9.17) is 4.74 Å². The van der Waals surface area contributed by atoms with Crippen LogP contribution < -0.4 is 15.4 Å². The number of nitrogens with one attached hydrogen (secondary N) is 2. The summed E-state index contributed by atoms with van der Waals surface area (Å²) in [4.78, 5) is 27.9. The van der Waals surface area contributed by atoms with E-state index >= 15 is 0 Å². The van der Waals surface area contributed by atoms with Gasteiger partial charge in [-0.3, -0.25) is 9.59 Å². The van der Waals surface area contributed by atoms with Crippen LogP contribution in [-0.4, -0.2) is 23.9 Å². The van der Waals surface area contributed by atoms with Gasteiger partial charge < -0.3 is 15.4 Å². The second-order valence-corrected chi connectivity index (χ2v) is 7.02. The number of hydrogen-bond donors (Lipinski definition) is 2. The predicted octanol–water partition coefficient (Wildman–Crippen LogP) is 5.05. The maximum Gasteiger partial charge on any atom is 0.416 e. The van der Waals surface area contributed by atoms with Gasteiger partial charge in [-0.1, -0.05) is 12.1 Å². The molecule has 0 fully saturated rings. The molecule has 2 N–H and O–H groups in total. The number of ether oxygens (including phenoxy) is 1. The molecule has 156 valence electrons. The number of benzene rings is 2. The molecule has 30 heavy (non-hydrogen) atoms. The van der Waals surface area contributed by atoms with Crippen LogP contribution in [0.4, 0.5) is 24.5 Å². The number of anilines is 2. The molecule has 0 radical (unpaired) electrons. The van der Waals surface area contributed by atoms with E-state index in [2.05, 4.69) is 15.6 Å². The van der Waals surface area contributed by atoms with Crippen molar-refractivity contribution in [2.24, 2.45) is 0 Å². The molecule has 3 aromatic rings. The second-order valence-electron chi connectivity index (χ2n) is 6.17. The van der Waals surface area contributed by atoms with Crippen molar-refractivity contribution >= 4 is 34.5 Å². The highest BCUT2D eigenvalue weighted by atomic mass is 32.1. The first-order valence-electron chi connectivity index (χ1n) is 8.57. The number of methoxy groups -OCH3 is 1. The SMILES string of the molecule is COc1cc(NC(=O)c2csc(-c3cccc(C(F)(F)F)c3)n2)ccc1NC(C)=O. The summed E-state index contributed by atoms with van der Waals surface area (Å²) in [5, 5.41) is 7.01. The fourth-order valence-electron chi connectivity index (χ4n) is 2.60. The minimum atomic E-state index is -4.46. The monoisotopic (exact) mass is 435 g/mol. The summed E-state index contributed by atoms with van der Waals surface area (Å²) in [6.45, 7) is 1.36. The molecular formula is C20H16F3N3O3S. The van der Waals surface area contributed by atoms with Crippen LogP contribution >= 0.6 is 11.3 Å². The zero-order chi connectivity index (χ0) is 21.9. The number of thiazole rings is 1. The van der Waals surface area contributed by atoms with Crippen LogP contribution in [0.1, 0.15) is 23.0 Å². The molecule has 2 aromatic carbocycles. The van der Waals surface area contributed by atoms with Crippen LogP contribution in [-0.2, 0) is 11.0 Å². The van der Waals surface area contributed by atoms with Gasteiger partial charge in [0.25, 0.3) is 5.91 Å². The standard InChI is InChI=1S/C20H16F3N3O3S/c1-11(27)24-15-7-6-14(9-17(15)29-2)25-18(28)16-10-30-19(26-16)12-4-3-5-13(8-12)20(21,22)23/h3-10H,1-2H3,(H,24,27)(H,25,28). The van der Waals surface area contributed by atoms with Gasteiger partial charge in [-0.15, -0.1) is 11.3 Å². The number of carbonyl (C=O) groups is 2. The smallest absolute Gasteiger partial charge is 0.416 e. The molecule has 0 aliphatic heterocycles. The lowest BCUT2D eigenvalue weighted by molar-refractivity contribution is -0.137. The van der Waals surface area contributed by atoms with E-state index in [1.807, 2.05) is 0 Å². The van der Waals surface area contributed by atoms with Crippen LogP contribution in [0.15, 0.2) is 47.8 Å². The van der Waals surface area contributed by atoms with Crippen LogP contribution in [0.25, 0.3) is 10.6 Å². The van der Waals surface area contributed by atoms with E-state index in [0.29, 0.717) is 22.1 Å². The number of halogens is 3. The lowest BCUT2D eigenvalue weighted by Gasteiger charge is -2.11. The Morgan fingerprint density at radius 1 is 1.10 bits per heavy atom. The Kier molecular flexibility index (Phi) is 6.06. The number of rotatable bonds is 5. The third kappa shape index (κ3) is 4.95. The first kappa shape index (κ1) is 21.3. The van der Waals surface area contributed by atoms with Gasteiger partial charge in [0.15, 0.2) is 0 Å². The Morgan fingerprint density at radius 2 is 1.87 bits per heavy atom. The van der Waals surface area contributed by atoms with Gasteiger partial charge in [-0.05, 0) is 24.3 Å². The molecular weight excluding hydrogens is 419 g/mol. The van der Waals surface area contributed by atoms with Gasteiger partial charge >= 0.3 is 6.18 Å². The average molecular weight is 435 g/mol. The number of nitrogens with zero attached hydrogens (tertiary/aromatic N) is 1. The maximum atomic E-state index is 12.9. The van der Waals surface area contributed by atoms with Crippen molar-refractivity contribution in [2.75, 3.05) is 17.7 Å². The van der Waals surface area contributed by atoms with Crippen LogP contribution in [0.2, 0.25) is 0 Å². The van der Waals surface area contributed by atoms with Gasteiger partial charge in [-0.2, -0.15) is 13.2 Å². The lowest BCUT2D eigenvalue weighted by Crippen LogP contribution is -2.13. The molecule has 3 rings (SSSR count). The molecule has 2 amide bonds. The zero-order valence-electron chi connectivity index (χ0n) is 15.8. The Labute approximate surface area is 173 Å². The molecule has 1 heterocycles. The van der Waals surface area contributed by atoms with Gasteiger partial charge in [0, 0.05) is 29.6 Å². The van der Waals surface area contributed by atoms with Crippen molar-refractivity contribution in [2.45, 2.75) is 13.1 Å². The first-order chi connectivity index (χ1) is 14.2. The molecule has 0 saturated carbocycles. The van der Waals surface area contributed by atoms with E-state index in [1.54, 1.807) is 12.1 Å². The van der Waals surface area contributed by atoms with Crippen molar-refractivity contribution in [3.63, 3.8) is 0 Å². The fourth-order valence-corrected chi connectivity index (χ4v) is 3.39. The number of amides is 2. The van der Waals surface area contributed by atoms with E-state index in [9.17, 15) is 22.8 Å². The molecule has 0 bridgehead atoms. The molecule has 0 atom stereocenters. The van der Waals surface area contributed by atoms with E-state index in [0.717, 1.165) is 23.5 Å². The first-order valence-corrected chi connectivity index (χ1v) is 9.45. The minimum Gasteiger partial charge on any atom is -0.494 e. The van der Waals surface area contributed by atoms with Crippen LogP contribution in [0, 0.1) is 0 Å². The Bertz CT molecular complexity index is 1100. The fraction of sp³-hybridized carbons (Fsp3) is 0.150.